The summed E-state index contributed by atoms with van der Waals surface area (Å²) in [6.07, 6.45) is 0. The van der Waals surface area contributed by atoms with E-state index < -0.39 is 0 Å². The third-order valence-electron chi connectivity index (χ3n) is 2.58. The van der Waals surface area contributed by atoms with Crippen LogP contribution in [0.3, 0.4) is 0 Å². The van der Waals surface area contributed by atoms with Crippen molar-refractivity contribution < 1.29 is 4.74 Å². The summed E-state index contributed by atoms with van der Waals surface area (Å²) in [5, 5.41) is 3.30. The predicted molar refractivity (Wildman–Crippen MR) is 71.2 cm³/mol. The van der Waals surface area contributed by atoms with Crippen LogP contribution in [0.4, 0.5) is 11.4 Å². The quantitative estimate of drug-likeness (QED) is 0.791. The SMILES string of the molecule is COc1ccc(NCc2ccccc2)c(N)c1. The highest BCUT2D eigenvalue weighted by Crippen LogP contribution is 2.24. The molecule has 0 unspecified atom stereocenters. The van der Waals surface area contributed by atoms with E-state index in [4.69, 9.17) is 10.5 Å². The third kappa shape index (κ3) is 2.91. The summed E-state index contributed by atoms with van der Waals surface area (Å²) in [4.78, 5) is 0. The molecule has 0 aliphatic heterocycles. The van der Waals surface area contributed by atoms with Gasteiger partial charge in [0, 0.05) is 12.6 Å². The van der Waals surface area contributed by atoms with Crippen LogP contribution in [0.2, 0.25) is 0 Å². The Kier molecular flexibility index (Phi) is 3.50. The minimum atomic E-state index is 0.695. The molecule has 17 heavy (non-hydrogen) atoms. The minimum absolute atomic E-state index is 0.695. The molecule has 0 spiro atoms. The summed E-state index contributed by atoms with van der Waals surface area (Å²) in [5.74, 6) is 0.771. The Morgan fingerprint density at radius 3 is 2.53 bits per heavy atom. The lowest BCUT2D eigenvalue weighted by molar-refractivity contribution is 0.415. The van der Waals surface area contributed by atoms with Gasteiger partial charge in [-0.1, -0.05) is 30.3 Å². The van der Waals surface area contributed by atoms with E-state index in [-0.39, 0.29) is 0 Å². The Morgan fingerprint density at radius 2 is 1.88 bits per heavy atom. The maximum Gasteiger partial charge on any atom is 0.121 e. The van der Waals surface area contributed by atoms with Gasteiger partial charge in [0.05, 0.1) is 18.5 Å². The first-order valence-electron chi connectivity index (χ1n) is 5.51. The lowest BCUT2D eigenvalue weighted by Gasteiger charge is -2.10. The van der Waals surface area contributed by atoms with Crippen LogP contribution in [-0.4, -0.2) is 7.11 Å². The molecule has 2 rings (SSSR count). The number of hydrogen-bond acceptors (Lipinski definition) is 3. The van der Waals surface area contributed by atoms with E-state index in [0.29, 0.717) is 5.69 Å². The normalized spacial score (nSPS) is 9.94. The molecule has 0 saturated carbocycles. The van der Waals surface area contributed by atoms with E-state index in [9.17, 15) is 0 Å². The molecule has 0 bridgehead atoms. The topological polar surface area (TPSA) is 47.3 Å². The second-order valence-electron chi connectivity index (χ2n) is 3.79. The monoisotopic (exact) mass is 228 g/mol. The smallest absolute Gasteiger partial charge is 0.121 e. The van der Waals surface area contributed by atoms with Gasteiger partial charge < -0.3 is 15.8 Å². The zero-order chi connectivity index (χ0) is 12.1. The van der Waals surface area contributed by atoms with Crippen LogP contribution < -0.4 is 15.8 Å². The Labute approximate surface area is 101 Å². The van der Waals surface area contributed by atoms with Gasteiger partial charge in [0.2, 0.25) is 0 Å². The number of benzene rings is 2. The van der Waals surface area contributed by atoms with E-state index in [0.717, 1.165) is 18.0 Å². The molecular formula is C14H16N2O. The molecule has 88 valence electrons. The van der Waals surface area contributed by atoms with Crippen LogP contribution in [0, 0.1) is 0 Å². The summed E-state index contributed by atoms with van der Waals surface area (Å²) in [6, 6.07) is 15.8. The van der Waals surface area contributed by atoms with Gasteiger partial charge in [-0.3, -0.25) is 0 Å². The van der Waals surface area contributed by atoms with Gasteiger partial charge in [0.1, 0.15) is 5.75 Å². The number of anilines is 2. The van der Waals surface area contributed by atoms with E-state index in [1.54, 1.807) is 7.11 Å². The van der Waals surface area contributed by atoms with Crippen molar-refractivity contribution in [2.75, 3.05) is 18.2 Å². The van der Waals surface area contributed by atoms with E-state index in [2.05, 4.69) is 17.4 Å². The second kappa shape index (κ2) is 5.25. The van der Waals surface area contributed by atoms with Crippen LogP contribution in [0.15, 0.2) is 48.5 Å². The van der Waals surface area contributed by atoms with Crippen molar-refractivity contribution in [2.45, 2.75) is 6.54 Å². The first-order chi connectivity index (χ1) is 8.29. The Hall–Kier alpha value is -2.16. The summed E-state index contributed by atoms with van der Waals surface area (Å²) >= 11 is 0. The highest BCUT2D eigenvalue weighted by Gasteiger charge is 2.00. The lowest BCUT2D eigenvalue weighted by Crippen LogP contribution is -2.02. The first kappa shape index (κ1) is 11.3. The molecule has 3 heteroatoms. The van der Waals surface area contributed by atoms with Crippen LogP contribution in [0.1, 0.15) is 5.56 Å². The maximum absolute atomic E-state index is 5.92. The van der Waals surface area contributed by atoms with Gasteiger partial charge >= 0.3 is 0 Å². The second-order valence-corrected chi connectivity index (χ2v) is 3.79. The van der Waals surface area contributed by atoms with Crippen molar-refractivity contribution in [2.24, 2.45) is 0 Å². The zero-order valence-electron chi connectivity index (χ0n) is 9.81. The average Bonchev–Trinajstić information content (AvgIpc) is 2.38. The molecule has 0 amide bonds. The number of nitrogens with one attached hydrogen (secondary N) is 1. The Morgan fingerprint density at radius 1 is 1.12 bits per heavy atom. The minimum Gasteiger partial charge on any atom is -0.497 e. The van der Waals surface area contributed by atoms with Crippen molar-refractivity contribution >= 4 is 11.4 Å². The molecule has 0 radical (unpaired) electrons. The molecule has 0 aliphatic carbocycles. The molecule has 2 aromatic carbocycles. The van der Waals surface area contributed by atoms with Gasteiger partial charge in [-0.2, -0.15) is 0 Å². The van der Waals surface area contributed by atoms with Crippen LogP contribution >= 0.6 is 0 Å². The number of rotatable bonds is 4. The fraction of sp³-hybridized carbons (Fsp3) is 0.143. The highest BCUT2D eigenvalue weighted by molar-refractivity contribution is 5.68. The average molecular weight is 228 g/mol. The van der Waals surface area contributed by atoms with Crippen molar-refractivity contribution in [1.82, 2.24) is 0 Å². The molecule has 0 aliphatic rings. The van der Waals surface area contributed by atoms with Gasteiger partial charge in [0.15, 0.2) is 0 Å². The number of methoxy groups -OCH3 is 1. The lowest BCUT2D eigenvalue weighted by atomic mass is 10.2. The standard InChI is InChI=1S/C14H16N2O/c1-17-12-7-8-14(13(15)9-12)16-10-11-5-3-2-4-6-11/h2-9,16H,10,15H2,1H3. The largest absolute Gasteiger partial charge is 0.497 e. The molecule has 2 aromatic rings. The Bertz CT molecular complexity index is 483. The van der Waals surface area contributed by atoms with Crippen LogP contribution in [-0.2, 0) is 6.54 Å². The molecule has 3 nitrogen and oxygen atoms in total. The predicted octanol–water partition coefficient (Wildman–Crippen LogP) is 2.89. The molecule has 0 heterocycles. The zero-order valence-corrected chi connectivity index (χ0v) is 9.81. The third-order valence-corrected chi connectivity index (χ3v) is 2.58. The summed E-state index contributed by atoms with van der Waals surface area (Å²) in [7, 11) is 1.63. The molecule has 0 saturated heterocycles. The summed E-state index contributed by atoms with van der Waals surface area (Å²) < 4.78 is 5.11. The number of nitrogen functional groups attached to an aromatic ring is 1. The van der Waals surface area contributed by atoms with E-state index in [1.807, 2.05) is 36.4 Å². The van der Waals surface area contributed by atoms with Gasteiger partial charge in [-0.05, 0) is 17.7 Å². The Balaban J connectivity index is 2.04. The molecular weight excluding hydrogens is 212 g/mol. The van der Waals surface area contributed by atoms with Gasteiger partial charge in [0.25, 0.3) is 0 Å². The first-order valence-corrected chi connectivity index (χ1v) is 5.51. The molecule has 3 N–H and O–H groups in total. The summed E-state index contributed by atoms with van der Waals surface area (Å²) in [6.45, 7) is 0.761. The number of hydrogen-bond donors (Lipinski definition) is 2. The highest BCUT2D eigenvalue weighted by atomic mass is 16.5. The van der Waals surface area contributed by atoms with E-state index >= 15 is 0 Å². The van der Waals surface area contributed by atoms with Crippen molar-refractivity contribution in [1.29, 1.82) is 0 Å². The van der Waals surface area contributed by atoms with E-state index in [1.165, 1.54) is 5.56 Å². The van der Waals surface area contributed by atoms with Crippen molar-refractivity contribution in [3.8, 4) is 5.75 Å². The maximum atomic E-state index is 5.92. The number of ether oxygens (including phenoxy) is 1. The van der Waals surface area contributed by atoms with Crippen molar-refractivity contribution in [3.05, 3.63) is 54.1 Å². The molecule has 0 fully saturated rings. The summed E-state index contributed by atoms with van der Waals surface area (Å²) in [5.41, 5.74) is 8.76. The fourth-order valence-electron chi connectivity index (χ4n) is 1.62. The molecule has 0 aromatic heterocycles. The van der Waals surface area contributed by atoms with Crippen LogP contribution in [0.25, 0.3) is 0 Å². The molecule has 0 atom stereocenters. The number of nitrogens with two attached hydrogens (primary N) is 1. The van der Waals surface area contributed by atoms with Crippen molar-refractivity contribution in [3.63, 3.8) is 0 Å². The van der Waals surface area contributed by atoms with Crippen LogP contribution in [0.5, 0.6) is 5.75 Å². The van der Waals surface area contributed by atoms with Gasteiger partial charge in [-0.25, -0.2) is 0 Å². The fourth-order valence-corrected chi connectivity index (χ4v) is 1.62. The van der Waals surface area contributed by atoms with Gasteiger partial charge in [-0.15, -0.1) is 0 Å².